The molecular weight excluding hydrogens is 410 g/mol. The van der Waals surface area contributed by atoms with Crippen LogP contribution in [0.25, 0.3) is 0 Å². The summed E-state index contributed by atoms with van der Waals surface area (Å²) >= 11 is 25.3. The van der Waals surface area contributed by atoms with Crippen LogP contribution in [-0.2, 0) is 4.79 Å². The Bertz CT molecular complexity index is 629. The quantitative estimate of drug-likeness (QED) is 0.396. The van der Waals surface area contributed by atoms with E-state index in [9.17, 15) is 4.79 Å². The largest absolute Gasteiger partial charge is 0.542 e. The summed E-state index contributed by atoms with van der Waals surface area (Å²) in [6, 6.07) is 0. The summed E-state index contributed by atoms with van der Waals surface area (Å²) in [6.45, 7) is 7.88. The number of halogens is 4. The highest BCUT2D eigenvalue weighted by Gasteiger charge is 2.33. The topological polar surface area (TPSA) is 35.5 Å². The van der Waals surface area contributed by atoms with Gasteiger partial charge in [-0.1, -0.05) is 53.3 Å². The van der Waals surface area contributed by atoms with Gasteiger partial charge in [0.05, 0.1) is 0 Å². The molecular formula is C16H20Cl4O3Si. The summed E-state index contributed by atoms with van der Waals surface area (Å²) in [5, 5.41) is 0.537. The number of ether oxygens (including phenoxy) is 1. The Hall–Kier alpha value is -0.133. The summed E-state index contributed by atoms with van der Waals surface area (Å²) in [7, 11) is -1.97. The van der Waals surface area contributed by atoms with Crippen LogP contribution < -0.4 is 9.16 Å². The number of ketones is 1. The average Bonchev–Trinajstić information content (AvgIpc) is 2.49. The fourth-order valence-electron chi connectivity index (χ4n) is 2.56. The Morgan fingerprint density at radius 2 is 1.42 bits per heavy atom. The molecule has 1 aromatic carbocycles. The number of hydrogen-bond donors (Lipinski definition) is 0. The summed E-state index contributed by atoms with van der Waals surface area (Å²) in [6.07, 6.45) is 1.81. The van der Waals surface area contributed by atoms with Gasteiger partial charge in [-0.2, -0.15) is 0 Å². The van der Waals surface area contributed by atoms with Gasteiger partial charge >= 0.3 is 0 Å². The number of benzene rings is 1. The van der Waals surface area contributed by atoms with E-state index in [2.05, 4.69) is 0 Å². The summed E-state index contributed by atoms with van der Waals surface area (Å²) < 4.78 is 11.7. The Morgan fingerprint density at radius 1 is 0.917 bits per heavy atom. The van der Waals surface area contributed by atoms with Crippen molar-refractivity contribution >= 4 is 60.5 Å². The third-order valence-electron chi connectivity index (χ3n) is 3.76. The first kappa shape index (κ1) is 20.2. The third kappa shape index (κ3) is 4.33. The molecule has 0 spiro atoms. The number of rotatable bonds is 4. The zero-order valence-corrected chi connectivity index (χ0v) is 18.0. The number of carbonyl (C=O) groups excluding carboxylic acids is 1. The molecule has 1 fully saturated rings. The van der Waals surface area contributed by atoms with Gasteiger partial charge in [-0.05, 0) is 38.9 Å². The first-order valence-electron chi connectivity index (χ1n) is 7.78. The normalized spacial score (nSPS) is 21.8. The highest BCUT2D eigenvalue weighted by molar-refractivity contribution is 6.70. The highest BCUT2D eigenvalue weighted by atomic mass is 35.5. The second-order valence-corrected chi connectivity index (χ2v) is 12.9. The molecule has 8 heteroatoms. The van der Waals surface area contributed by atoms with Crippen molar-refractivity contribution in [2.75, 3.05) is 0 Å². The predicted molar refractivity (Wildman–Crippen MR) is 103 cm³/mol. The van der Waals surface area contributed by atoms with Gasteiger partial charge in [0.1, 0.15) is 25.8 Å². The predicted octanol–water partition coefficient (Wildman–Crippen LogP) is 6.65. The average molecular weight is 430 g/mol. The van der Waals surface area contributed by atoms with Crippen LogP contribution in [0.3, 0.4) is 0 Å². The second-order valence-electron chi connectivity index (χ2n) is 6.97. The van der Waals surface area contributed by atoms with Crippen molar-refractivity contribution in [2.45, 2.75) is 51.9 Å². The van der Waals surface area contributed by atoms with Crippen molar-refractivity contribution in [3.63, 3.8) is 0 Å². The van der Waals surface area contributed by atoms with Crippen LogP contribution in [-0.4, -0.2) is 20.2 Å². The fourth-order valence-corrected chi connectivity index (χ4v) is 4.49. The zero-order chi connectivity index (χ0) is 18.2. The third-order valence-corrected chi connectivity index (χ3v) is 6.21. The molecule has 1 saturated carbocycles. The van der Waals surface area contributed by atoms with E-state index in [1.807, 2.05) is 26.6 Å². The van der Waals surface area contributed by atoms with Crippen LogP contribution in [0.5, 0.6) is 11.5 Å². The summed E-state index contributed by atoms with van der Waals surface area (Å²) in [5.41, 5.74) is 0. The maximum absolute atomic E-state index is 12.3. The molecule has 3 nitrogen and oxygen atoms in total. The van der Waals surface area contributed by atoms with E-state index in [-0.39, 0.29) is 43.3 Å². The van der Waals surface area contributed by atoms with Gasteiger partial charge in [-0.25, -0.2) is 0 Å². The monoisotopic (exact) mass is 428 g/mol. The van der Waals surface area contributed by atoms with E-state index in [4.69, 9.17) is 55.6 Å². The maximum Gasteiger partial charge on any atom is 0.242 e. The second kappa shape index (κ2) is 7.63. The fraction of sp³-hybridized carbons (Fsp3) is 0.562. The molecule has 1 aliphatic carbocycles. The van der Waals surface area contributed by atoms with Crippen molar-refractivity contribution in [2.24, 2.45) is 5.92 Å². The SMILES string of the molecule is CC1CCCC(Oc2c(Cl)c(Cl)c(O[Si](C)(C)C)c(Cl)c2Cl)C1=O. The lowest BCUT2D eigenvalue weighted by Gasteiger charge is -2.28. The van der Waals surface area contributed by atoms with E-state index in [1.54, 1.807) is 0 Å². The number of carbonyl (C=O) groups is 1. The van der Waals surface area contributed by atoms with Crippen molar-refractivity contribution in [3.8, 4) is 11.5 Å². The maximum atomic E-state index is 12.3. The minimum Gasteiger partial charge on any atom is -0.542 e. The molecule has 2 unspecified atom stereocenters. The molecule has 134 valence electrons. The highest BCUT2D eigenvalue weighted by Crippen LogP contribution is 2.51. The van der Waals surface area contributed by atoms with Gasteiger partial charge in [0.15, 0.2) is 17.6 Å². The van der Waals surface area contributed by atoms with Crippen molar-refractivity contribution in [1.82, 2.24) is 0 Å². The molecule has 0 aliphatic heterocycles. The Kier molecular flexibility index (Phi) is 6.41. The molecule has 0 radical (unpaired) electrons. The molecule has 0 bridgehead atoms. The molecule has 24 heavy (non-hydrogen) atoms. The first-order valence-corrected chi connectivity index (χ1v) is 12.7. The lowest BCUT2D eigenvalue weighted by atomic mass is 9.87. The van der Waals surface area contributed by atoms with Crippen LogP contribution in [0.4, 0.5) is 0 Å². The Balaban J connectivity index is 2.40. The lowest BCUT2D eigenvalue weighted by molar-refractivity contribution is -0.131. The molecule has 2 atom stereocenters. The standard InChI is InChI=1S/C16H20Cl4O3Si/c1-8-6-5-7-9(14(8)21)22-15-10(17)12(19)16(13(20)11(15)18)23-24(2,3)4/h8-9H,5-7H2,1-4H3. The zero-order valence-electron chi connectivity index (χ0n) is 14.0. The van der Waals surface area contributed by atoms with E-state index in [0.29, 0.717) is 6.42 Å². The van der Waals surface area contributed by atoms with Crippen LogP contribution in [0, 0.1) is 5.92 Å². The minimum atomic E-state index is -1.97. The molecule has 0 saturated heterocycles. The van der Waals surface area contributed by atoms with Gasteiger partial charge in [-0.15, -0.1) is 0 Å². The summed E-state index contributed by atoms with van der Waals surface area (Å²) in [5.74, 6) is 0.414. The molecule has 1 aromatic rings. The van der Waals surface area contributed by atoms with Crippen molar-refractivity contribution in [1.29, 1.82) is 0 Å². The smallest absolute Gasteiger partial charge is 0.242 e. The van der Waals surface area contributed by atoms with Gasteiger partial charge in [0.2, 0.25) is 8.32 Å². The van der Waals surface area contributed by atoms with E-state index in [0.717, 1.165) is 12.8 Å². The van der Waals surface area contributed by atoms with Crippen molar-refractivity contribution < 1.29 is 14.0 Å². The Labute approximate surface area is 163 Å². The molecule has 0 N–H and O–H groups in total. The lowest BCUT2D eigenvalue weighted by Crippen LogP contribution is -2.35. The Morgan fingerprint density at radius 3 is 1.92 bits per heavy atom. The van der Waals surface area contributed by atoms with E-state index in [1.165, 1.54) is 0 Å². The molecule has 0 amide bonds. The van der Waals surface area contributed by atoms with Crippen LogP contribution >= 0.6 is 46.4 Å². The molecule has 2 rings (SSSR count). The summed E-state index contributed by atoms with van der Waals surface area (Å²) in [4.78, 5) is 12.3. The van der Waals surface area contributed by atoms with Gasteiger partial charge in [0, 0.05) is 5.92 Å². The molecule has 1 aliphatic rings. The van der Waals surface area contributed by atoms with Gasteiger partial charge < -0.3 is 9.16 Å². The number of hydrogen-bond acceptors (Lipinski definition) is 3. The number of Topliss-reactive ketones (excluding diaryl/α,β-unsaturated/α-hetero) is 1. The van der Waals surface area contributed by atoms with Gasteiger partial charge in [-0.3, -0.25) is 4.79 Å². The van der Waals surface area contributed by atoms with Crippen LogP contribution in [0.2, 0.25) is 39.7 Å². The van der Waals surface area contributed by atoms with E-state index < -0.39 is 14.4 Å². The van der Waals surface area contributed by atoms with Crippen LogP contribution in [0.1, 0.15) is 26.2 Å². The first-order chi connectivity index (χ1) is 11.0. The minimum absolute atomic E-state index is 0.0401. The molecule has 0 aromatic heterocycles. The molecule has 0 heterocycles. The van der Waals surface area contributed by atoms with Crippen LogP contribution in [0.15, 0.2) is 0 Å². The van der Waals surface area contributed by atoms with Crippen molar-refractivity contribution in [3.05, 3.63) is 20.1 Å². The van der Waals surface area contributed by atoms with Gasteiger partial charge in [0.25, 0.3) is 0 Å². The van der Waals surface area contributed by atoms with E-state index >= 15 is 0 Å².